The molecule has 2 aromatic heterocycles. The van der Waals surface area contributed by atoms with Crippen LogP contribution < -0.4 is 10.6 Å². The van der Waals surface area contributed by atoms with E-state index >= 15 is 0 Å². The highest BCUT2D eigenvalue weighted by atomic mass is 32.2. The van der Waals surface area contributed by atoms with Gasteiger partial charge in [0.15, 0.2) is 0 Å². The molecule has 0 radical (unpaired) electrons. The Labute approximate surface area is 109 Å². The van der Waals surface area contributed by atoms with E-state index in [1.165, 1.54) is 0 Å². The normalized spacial score (nSPS) is 19.2. The topological polar surface area (TPSA) is 58.4 Å². The van der Waals surface area contributed by atoms with Crippen LogP contribution in [0.25, 0.3) is 5.52 Å². The molecule has 3 rings (SSSR count). The summed E-state index contributed by atoms with van der Waals surface area (Å²) in [6.45, 7) is 0.458. The van der Waals surface area contributed by atoms with Crippen LogP contribution in [0.3, 0.4) is 0 Å². The van der Waals surface area contributed by atoms with Crippen molar-refractivity contribution in [3.05, 3.63) is 36.4 Å². The lowest BCUT2D eigenvalue weighted by Gasteiger charge is -2.09. The second kappa shape index (κ2) is 4.99. The molecule has 1 aliphatic heterocycles. The van der Waals surface area contributed by atoms with E-state index in [4.69, 9.17) is 0 Å². The van der Waals surface area contributed by atoms with E-state index in [9.17, 15) is 4.79 Å². The van der Waals surface area contributed by atoms with Crippen LogP contribution in [-0.2, 0) is 11.3 Å². The molecule has 94 valence electrons. The molecule has 1 atom stereocenters. The largest absolute Gasteiger partial charge is 0.347 e. The third-order valence-corrected chi connectivity index (χ3v) is 3.91. The van der Waals surface area contributed by atoms with Gasteiger partial charge in [-0.2, -0.15) is 0 Å². The minimum Gasteiger partial charge on any atom is -0.347 e. The quantitative estimate of drug-likeness (QED) is 0.851. The van der Waals surface area contributed by atoms with Crippen molar-refractivity contribution in [2.24, 2.45) is 0 Å². The first-order valence-electron chi connectivity index (χ1n) is 5.84. The number of thioether (sulfide) groups is 1. The Morgan fingerprint density at radius 3 is 3.39 bits per heavy atom. The van der Waals surface area contributed by atoms with Gasteiger partial charge in [-0.1, -0.05) is 6.07 Å². The Balaban J connectivity index is 1.67. The van der Waals surface area contributed by atoms with Crippen molar-refractivity contribution >= 4 is 23.2 Å². The maximum atomic E-state index is 11.9. The molecule has 0 aromatic carbocycles. The Morgan fingerprint density at radius 1 is 1.61 bits per heavy atom. The zero-order chi connectivity index (χ0) is 12.4. The number of rotatable bonds is 3. The molecular formula is C12H14N4OS. The number of nitrogens with zero attached hydrogens (tertiary/aromatic N) is 2. The molecule has 6 heteroatoms. The molecule has 0 aliphatic carbocycles. The number of aromatic nitrogens is 2. The zero-order valence-corrected chi connectivity index (χ0v) is 10.6. The average Bonchev–Trinajstić information content (AvgIpc) is 3.06. The van der Waals surface area contributed by atoms with Gasteiger partial charge in [-0.25, -0.2) is 4.98 Å². The smallest absolute Gasteiger partial charge is 0.238 e. The Kier molecular flexibility index (Phi) is 3.21. The van der Waals surface area contributed by atoms with Gasteiger partial charge in [-0.15, -0.1) is 11.8 Å². The summed E-state index contributed by atoms with van der Waals surface area (Å²) in [6.07, 6.45) is 3.76. The number of carbonyl (C=O) groups is 1. The van der Waals surface area contributed by atoms with E-state index < -0.39 is 0 Å². The number of nitrogens with one attached hydrogen (secondary N) is 2. The summed E-state index contributed by atoms with van der Waals surface area (Å²) in [7, 11) is 0. The molecule has 5 nitrogen and oxygen atoms in total. The van der Waals surface area contributed by atoms with Crippen LogP contribution in [0.1, 0.15) is 5.82 Å². The number of pyridine rings is 1. The highest BCUT2D eigenvalue weighted by molar-refractivity contribution is 7.99. The van der Waals surface area contributed by atoms with Crippen LogP contribution in [0.2, 0.25) is 0 Å². The maximum Gasteiger partial charge on any atom is 0.238 e. The van der Waals surface area contributed by atoms with Gasteiger partial charge >= 0.3 is 0 Å². The van der Waals surface area contributed by atoms with Crippen molar-refractivity contribution in [1.29, 1.82) is 0 Å². The van der Waals surface area contributed by atoms with Crippen molar-refractivity contribution in [2.45, 2.75) is 12.6 Å². The molecule has 0 bridgehead atoms. The summed E-state index contributed by atoms with van der Waals surface area (Å²) in [5.41, 5.74) is 1.04. The standard InChI is InChI=1S/C12H14N4OS/c17-12(10-7-18-8-15-10)14-6-11-13-5-9-3-1-2-4-16(9)11/h1-5,10,15H,6-8H2,(H,14,17). The Bertz CT molecular complexity index is 562. The summed E-state index contributed by atoms with van der Waals surface area (Å²) in [5.74, 6) is 2.59. The van der Waals surface area contributed by atoms with E-state index in [-0.39, 0.29) is 11.9 Å². The van der Waals surface area contributed by atoms with Gasteiger partial charge in [0.1, 0.15) is 5.82 Å². The number of carbonyl (C=O) groups excluding carboxylic acids is 1. The Hall–Kier alpha value is -1.53. The molecule has 1 aliphatic rings. The molecule has 0 spiro atoms. The molecule has 3 heterocycles. The lowest BCUT2D eigenvalue weighted by Crippen LogP contribution is -2.41. The van der Waals surface area contributed by atoms with Crippen LogP contribution in [0.15, 0.2) is 30.6 Å². The van der Waals surface area contributed by atoms with Crippen molar-refractivity contribution < 1.29 is 4.79 Å². The van der Waals surface area contributed by atoms with Crippen LogP contribution in [0.4, 0.5) is 0 Å². The SMILES string of the molecule is O=C(NCc1ncc2ccccn12)C1CSCN1. The van der Waals surface area contributed by atoms with E-state index in [1.807, 2.05) is 35.0 Å². The van der Waals surface area contributed by atoms with Gasteiger partial charge in [-0.3, -0.25) is 10.1 Å². The van der Waals surface area contributed by atoms with Gasteiger partial charge in [0.25, 0.3) is 0 Å². The van der Waals surface area contributed by atoms with Gasteiger partial charge < -0.3 is 9.72 Å². The monoisotopic (exact) mass is 262 g/mol. The zero-order valence-electron chi connectivity index (χ0n) is 9.80. The molecule has 1 amide bonds. The van der Waals surface area contributed by atoms with E-state index in [0.29, 0.717) is 6.54 Å². The third kappa shape index (κ3) is 2.21. The second-order valence-electron chi connectivity index (χ2n) is 4.16. The van der Waals surface area contributed by atoms with Gasteiger partial charge in [-0.05, 0) is 12.1 Å². The van der Waals surface area contributed by atoms with Crippen LogP contribution in [0, 0.1) is 0 Å². The molecule has 1 unspecified atom stereocenters. The van der Waals surface area contributed by atoms with Gasteiger partial charge in [0.2, 0.25) is 5.91 Å². The molecule has 2 N–H and O–H groups in total. The summed E-state index contributed by atoms with van der Waals surface area (Å²) < 4.78 is 1.98. The number of fused-ring (bicyclic) bond motifs is 1. The van der Waals surface area contributed by atoms with E-state index in [1.54, 1.807) is 11.8 Å². The number of hydrogen-bond acceptors (Lipinski definition) is 4. The molecule has 0 saturated carbocycles. The number of imidazole rings is 1. The molecule has 1 saturated heterocycles. The fraction of sp³-hybridized carbons (Fsp3) is 0.333. The van der Waals surface area contributed by atoms with Crippen LogP contribution >= 0.6 is 11.8 Å². The first-order chi connectivity index (χ1) is 8.84. The highest BCUT2D eigenvalue weighted by Crippen LogP contribution is 2.10. The van der Waals surface area contributed by atoms with Crippen LogP contribution in [-0.4, -0.2) is 33.0 Å². The first-order valence-corrected chi connectivity index (χ1v) is 7.00. The fourth-order valence-electron chi connectivity index (χ4n) is 1.98. The lowest BCUT2D eigenvalue weighted by molar-refractivity contribution is -0.122. The van der Waals surface area contributed by atoms with E-state index in [2.05, 4.69) is 15.6 Å². The minimum absolute atomic E-state index is 0.0488. The van der Waals surface area contributed by atoms with Gasteiger partial charge in [0, 0.05) is 17.8 Å². The van der Waals surface area contributed by atoms with E-state index in [0.717, 1.165) is 23.0 Å². The summed E-state index contributed by atoms with van der Waals surface area (Å²) >= 11 is 1.74. The second-order valence-corrected chi connectivity index (χ2v) is 5.19. The highest BCUT2D eigenvalue weighted by Gasteiger charge is 2.22. The third-order valence-electron chi connectivity index (χ3n) is 2.97. The first kappa shape index (κ1) is 11.6. The molecule has 2 aromatic rings. The van der Waals surface area contributed by atoms with Crippen molar-refractivity contribution in [1.82, 2.24) is 20.0 Å². The molecular weight excluding hydrogens is 248 g/mol. The van der Waals surface area contributed by atoms with Gasteiger partial charge in [0.05, 0.1) is 24.3 Å². The maximum absolute atomic E-state index is 11.9. The van der Waals surface area contributed by atoms with Crippen LogP contribution in [0.5, 0.6) is 0 Å². The van der Waals surface area contributed by atoms with Crippen molar-refractivity contribution in [3.8, 4) is 0 Å². The van der Waals surface area contributed by atoms with Crippen molar-refractivity contribution in [2.75, 3.05) is 11.6 Å². The predicted molar refractivity (Wildman–Crippen MR) is 71.3 cm³/mol. The predicted octanol–water partition coefficient (Wildman–Crippen LogP) is 0.613. The summed E-state index contributed by atoms with van der Waals surface area (Å²) in [4.78, 5) is 16.2. The lowest BCUT2D eigenvalue weighted by atomic mass is 10.3. The fourth-order valence-corrected chi connectivity index (χ4v) is 2.93. The molecule has 18 heavy (non-hydrogen) atoms. The summed E-state index contributed by atoms with van der Waals surface area (Å²) in [5, 5.41) is 6.07. The number of hydrogen-bond donors (Lipinski definition) is 2. The minimum atomic E-state index is -0.0683. The average molecular weight is 262 g/mol. The molecule has 1 fully saturated rings. The summed E-state index contributed by atoms with van der Waals surface area (Å²) in [6, 6.07) is 5.85. The Morgan fingerprint density at radius 2 is 2.56 bits per heavy atom. The number of amides is 1. The van der Waals surface area contributed by atoms with Crippen molar-refractivity contribution in [3.63, 3.8) is 0 Å².